The SMILES string of the molecule is O=C(CNc1cc(C(F)(F)F)cc(C(F)(F)F)c1)N1CCN(c2ccccc2CNc2c(F)c(F)nc(F)c2F)CC1. The van der Waals surface area contributed by atoms with Gasteiger partial charge in [0.2, 0.25) is 17.5 Å². The summed E-state index contributed by atoms with van der Waals surface area (Å²) >= 11 is 0. The van der Waals surface area contributed by atoms with Gasteiger partial charge in [-0.15, -0.1) is 0 Å². The predicted octanol–water partition coefficient (Wildman–Crippen LogP) is 6.05. The number of alkyl halides is 6. The quantitative estimate of drug-likeness (QED) is 0.253. The molecule has 0 unspecified atom stereocenters. The summed E-state index contributed by atoms with van der Waals surface area (Å²) in [6.45, 7) is 0.00507. The first-order chi connectivity index (χ1) is 19.6. The molecule has 0 aliphatic carbocycles. The van der Waals surface area contributed by atoms with Crippen molar-refractivity contribution in [2.45, 2.75) is 18.9 Å². The fourth-order valence-electron chi connectivity index (χ4n) is 4.34. The van der Waals surface area contributed by atoms with E-state index in [0.717, 1.165) is 0 Å². The number of benzene rings is 2. The number of nitrogens with one attached hydrogen (secondary N) is 2. The van der Waals surface area contributed by atoms with E-state index in [2.05, 4.69) is 15.6 Å². The Kier molecular flexibility index (Phi) is 8.73. The highest BCUT2D eigenvalue weighted by Gasteiger charge is 2.37. The number of hydrogen-bond donors (Lipinski definition) is 2. The lowest BCUT2D eigenvalue weighted by Gasteiger charge is -2.37. The number of rotatable bonds is 7. The fraction of sp³-hybridized carbons (Fsp3) is 0.308. The van der Waals surface area contributed by atoms with Gasteiger partial charge in [-0.3, -0.25) is 4.79 Å². The maximum absolute atomic E-state index is 14.0. The number of carbonyl (C=O) groups is 1. The zero-order chi connectivity index (χ0) is 30.8. The molecule has 1 aromatic heterocycles. The summed E-state index contributed by atoms with van der Waals surface area (Å²) in [5.74, 6) is -7.57. The first-order valence-corrected chi connectivity index (χ1v) is 12.2. The number of hydrogen-bond acceptors (Lipinski definition) is 5. The largest absolute Gasteiger partial charge is 0.416 e. The lowest BCUT2D eigenvalue weighted by Crippen LogP contribution is -2.50. The third-order valence-electron chi connectivity index (χ3n) is 6.45. The molecule has 0 saturated carbocycles. The Balaban J connectivity index is 1.38. The van der Waals surface area contributed by atoms with Crippen LogP contribution in [0.3, 0.4) is 0 Å². The molecule has 4 rings (SSSR count). The molecule has 1 saturated heterocycles. The normalized spacial score (nSPS) is 14.2. The molecule has 16 heteroatoms. The van der Waals surface area contributed by atoms with E-state index >= 15 is 0 Å². The highest BCUT2D eigenvalue weighted by Crippen LogP contribution is 2.37. The van der Waals surface area contributed by atoms with Gasteiger partial charge >= 0.3 is 12.4 Å². The van der Waals surface area contributed by atoms with Crippen LogP contribution in [0.5, 0.6) is 0 Å². The van der Waals surface area contributed by atoms with E-state index in [1.807, 2.05) is 4.90 Å². The van der Waals surface area contributed by atoms with Crippen molar-refractivity contribution >= 4 is 23.0 Å². The van der Waals surface area contributed by atoms with E-state index in [0.29, 0.717) is 23.4 Å². The van der Waals surface area contributed by atoms with E-state index in [-0.39, 0.29) is 38.8 Å². The summed E-state index contributed by atoms with van der Waals surface area (Å²) in [7, 11) is 0. The van der Waals surface area contributed by atoms with E-state index < -0.39 is 70.8 Å². The number of amides is 1. The smallest absolute Gasteiger partial charge is 0.376 e. The van der Waals surface area contributed by atoms with Crippen LogP contribution in [0, 0.1) is 23.5 Å². The summed E-state index contributed by atoms with van der Waals surface area (Å²) in [6.07, 6.45) is -10.1. The van der Waals surface area contributed by atoms with Crippen LogP contribution in [-0.2, 0) is 23.7 Å². The Hall–Kier alpha value is -4.24. The van der Waals surface area contributed by atoms with Crippen molar-refractivity contribution < 1.29 is 48.7 Å². The summed E-state index contributed by atoms with van der Waals surface area (Å²) in [5.41, 5.74) is -3.49. The Morgan fingerprint density at radius 3 is 1.88 bits per heavy atom. The number of halogens is 10. The molecule has 226 valence electrons. The molecule has 1 fully saturated rings. The van der Waals surface area contributed by atoms with Crippen LogP contribution < -0.4 is 15.5 Å². The Bertz CT molecular complexity index is 1390. The lowest BCUT2D eigenvalue weighted by molar-refractivity contribution is -0.143. The molecule has 1 amide bonds. The third-order valence-corrected chi connectivity index (χ3v) is 6.45. The maximum Gasteiger partial charge on any atom is 0.416 e. The van der Waals surface area contributed by atoms with Crippen molar-refractivity contribution in [3.05, 3.63) is 82.7 Å². The number of nitrogens with zero attached hydrogens (tertiary/aromatic N) is 3. The summed E-state index contributed by atoms with van der Waals surface area (Å²) in [4.78, 5) is 18.4. The third kappa shape index (κ3) is 6.97. The van der Waals surface area contributed by atoms with Crippen LogP contribution in [0.2, 0.25) is 0 Å². The van der Waals surface area contributed by atoms with E-state index in [9.17, 15) is 48.7 Å². The second-order valence-electron chi connectivity index (χ2n) is 9.19. The lowest BCUT2D eigenvalue weighted by atomic mass is 10.1. The molecule has 1 aliphatic heterocycles. The Morgan fingerprint density at radius 1 is 0.786 bits per heavy atom. The topological polar surface area (TPSA) is 60.5 Å². The van der Waals surface area contributed by atoms with Crippen molar-refractivity contribution in [1.29, 1.82) is 0 Å². The first-order valence-electron chi connectivity index (χ1n) is 12.2. The molecule has 2 aromatic carbocycles. The van der Waals surface area contributed by atoms with Gasteiger partial charge in [-0.1, -0.05) is 18.2 Å². The number of carbonyl (C=O) groups excluding carboxylic acids is 1. The molecule has 0 spiro atoms. The highest BCUT2D eigenvalue weighted by atomic mass is 19.4. The maximum atomic E-state index is 14.0. The molecule has 6 nitrogen and oxygen atoms in total. The van der Waals surface area contributed by atoms with Gasteiger partial charge in [-0.25, -0.2) is 0 Å². The predicted molar refractivity (Wildman–Crippen MR) is 132 cm³/mol. The average molecular weight is 609 g/mol. The molecule has 42 heavy (non-hydrogen) atoms. The summed E-state index contributed by atoms with van der Waals surface area (Å²) < 4.78 is 133. The molecule has 0 radical (unpaired) electrons. The minimum Gasteiger partial charge on any atom is -0.376 e. The van der Waals surface area contributed by atoms with Gasteiger partial charge < -0.3 is 20.4 Å². The van der Waals surface area contributed by atoms with Crippen molar-refractivity contribution in [2.24, 2.45) is 0 Å². The van der Waals surface area contributed by atoms with Crippen LogP contribution >= 0.6 is 0 Å². The Labute approximate surface area is 231 Å². The molecule has 0 atom stereocenters. The highest BCUT2D eigenvalue weighted by molar-refractivity contribution is 5.81. The molecule has 2 N–H and O–H groups in total. The van der Waals surface area contributed by atoms with Gasteiger partial charge in [-0.05, 0) is 29.8 Å². The van der Waals surface area contributed by atoms with E-state index in [4.69, 9.17) is 0 Å². The standard InChI is InChI=1S/C26H21F10N5O/c27-20-22(21(28)24(30)39-23(20)29)38-12-14-3-1-2-4-18(14)40-5-7-41(8-6-40)19(42)13-37-17-10-15(25(31,32)33)9-16(11-17)26(34,35)36/h1-4,9-11,37H,5-8,12-13H2,(H,38,39). The van der Waals surface area contributed by atoms with Gasteiger partial charge in [0.25, 0.3) is 11.9 Å². The first kappa shape index (κ1) is 30.7. The summed E-state index contributed by atoms with van der Waals surface area (Å²) in [6, 6.07) is 7.55. The minimum atomic E-state index is -5.03. The van der Waals surface area contributed by atoms with Crippen LogP contribution in [-0.4, -0.2) is 48.5 Å². The van der Waals surface area contributed by atoms with Gasteiger partial charge in [0.05, 0.1) is 17.7 Å². The number of pyridine rings is 1. The molecule has 3 aromatic rings. The zero-order valence-corrected chi connectivity index (χ0v) is 21.3. The van der Waals surface area contributed by atoms with Crippen molar-refractivity contribution in [3.8, 4) is 0 Å². The molecule has 0 bridgehead atoms. The van der Waals surface area contributed by atoms with Crippen LogP contribution in [0.4, 0.5) is 61.0 Å². The van der Waals surface area contributed by atoms with Gasteiger partial charge in [0, 0.05) is 44.1 Å². The number of aromatic nitrogens is 1. The van der Waals surface area contributed by atoms with Gasteiger partial charge in [0.1, 0.15) is 5.69 Å². The van der Waals surface area contributed by atoms with Crippen molar-refractivity contribution in [1.82, 2.24) is 9.88 Å². The fourth-order valence-corrected chi connectivity index (χ4v) is 4.34. The minimum absolute atomic E-state index is 0.0137. The second kappa shape index (κ2) is 11.9. The van der Waals surface area contributed by atoms with Crippen molar-refractivity contribution in [2.75, 3.05) is 48.3 Å². The van der Waals surface area contributed by atoms with E-state index in [1.54, 1.807) is 24.3 Å². The van der Waals surface area contributed by atoms with Gasteiger partial charge in [0.15, 0.2) is 0 Å². The Morgan fingerprint density at radius 2 is 1.33 bits per heavy atom. The number of piperazine rings is 1. The molecule has 1 aliphatic rings. The van der Waals surface area contributed by atoms with Crippen molar-refractivity contribution in [3.63, 3.8) is 0 Å². The molecule has 2 heterocycles. The van der Waals surface area contributed by atoms with Crippen LogP contribution in [0.15, 0.2) is 42.5 Å². The molecular formula is C26H21F10N5O. The molecular weight excluding hydrogens is 588 g/mol. The van der Waals surface area contributed by atoms with Crippen LogP contribution in [0.1, 0.15) is 16.7 Å². The van der Waals surface area contributed by atoms with E-state index in [1.165, 1.54) is 4.90 Å². The number of para-hydroxylation sites is 1. The van der Waals surface area contributed by atoms with Crippen LogP contribution in [0.25, 0.3) is 0 Å². The second-order valence-corrected chi connectivity index (χ2v) is 9.19. The zero-order valence-electron chi connectivity index (χ0n) is 21.3. The number of anilines is 3. The summed E-state index contributed by atoms with van der Waals surface area (Å²) in [5, 5.41) is 4.67. The monoisotopic (exact) mass is 609 g/mol. The average Bonchev–Trinajstić information content (AvgIpc) is 2.94. The van der Waals surface area contributed by atoms with Gasteiger partial charge in [-0.2, -0.15) is 48.9 Å².